The molecular weight excluding hydrogens is 360 g/mol. The summed E-state index contributed by atoms with van der Waals surface area (Å²) < 4.78 is 21.5. The molecule has 0 spiro atoms. The Balaban J connectivity index is -0.000000417. The molecule has 0 aromatic carbocycles. The molecule has 0 aliphatic carbocycles. The van der Waals surface area contributed by atoms with Gasteiger partial charge >= 0.3 is 17.1 Å². The molecule has 0 bridgehead atoms. The third-order valence-electron chi connectivity index (χ3n) is 2.54. The summed E-state index contributed by atoms with van der Waals surface area (Å²) in [7, 11) is 0. The normalized spacial score (nSPS) is 9.56. The van der Waals surface area contributed by atoms with Crippen LogP contribution in [0.4, 0.5) is 0 Å². The van der Waals surface area contributed by atoms with Gasteiger partial charge in [0.1, 0.15) is 17.4 Å². The maximum atomic E-state index is 12.2. The fourth-order valence-corrected chi connectivity index (χ4v) is 1.59. The third kappa shape index (κ3) is 8.65. The van der Waals surface area contributed by atoms with Crippen molar-refractivity contribution >= 4 is 19.2 Å². The maximum absolute atomic E-state index is 12.2. The van der Waals surface area contributed by atoms with Crippen molar-refractivity contribution in [1.29, 1.82) is 0 Å². The molecule has 0 aliphatic rings. The van der Waals surface area contributed by atoms with Crippen molar-refractivity contribution < 1.29 is 18.5 Å². The molecule has 12 heteroatoms. The van der Waals surface area contributed by atoms with Gasteiger partial charge in [0.2, 0.25) is 19.2 Å². The lowest BCUT2D eigenvalue weighted by Gasteiger charge is -2.13. The van der Waals surface area contributed by atoms with Gasteiger partial charge in [-0.3, -0.25) is 14.4 Å². The Labute approximate surface area is 163 Å². The van der Waals surface area contributed by atoms with Crippen LogP contribution >= 0.6 is 0 Å². The molecule has 0 saturated carbocycles. The van der Waals surface area contributed by atoms with Gasteiger partial charge in [-0.15, -0.1) is 0 Å². The number of carbonyl (C=O) groups excluding carboxylic acids is 3. The number of hydrogen-bond acceptors (Lipinski definition) is 6. The number of nitrogens with one attached hydrogen (secondary N) is 3. The second-order valence-corrected chi connectivity index (χ2v) is 3.76. The quantitative estimate of drug-likeness (QED) is 0.474. The lowest BCUT2D eigenvalue weighted by atomic mass is 10.6. The number of rotatable bonds is 7. The highest BCUT2D eigenvalue weighted by Crippen LogP contribution is 1.74. The first-order chi connectivity index (χ1) is 11.6. The summed E-state index contributed by atoms with van der Waals surface area (Å²) in [4.78, 5) is 68.4. The van der Waals surface area contributed by atoms with E-state index in [9.17, 15) is 28.8 Å². The SMILES string of the molecule is C.C.C.C.C.[3H]C(=O)NCCn1c(=O)n(CNC([3H])=O)c(=O)n(CNC([3H])=O)c1=O. The molecule has 0 saturated heterocycles. The lowest BCUT2D eigenvalue weighted by molar-refractivity contribution is -0.110. The Hall–Kier alpha value is -3.18. The van der Waals surface area contributed by atoms with Crippen LogP contribution in [0.2, 0.25) is 0 Å². The molecule has 0 aliphatic heterocycles. The van der Waals surface area contributed by atoms with E-state index in [-0.39, 0.29) is 43.7 Å². The highest BCUT2D eigenvalue weighted by molar-refractivity contribution is 5.46. The zero-order valence-corrected chi connectivity index (χ0v) is 11.1. The van der Waals surface area contributed by atoms with Gasteiger partial charge in [0.15, 0.2) is 0 Å². The van der Waals surface area contributed by atoms with Crippen molar-refractivity contribution in [2.45, 2.75) is 57.0 Å². The van der Waals surface area contributed by atoms with Gasteiger partial charge in [0.25, 0.3) is 0 Å². The van der Waals surface area contributed by atoms with E-state index in [4.69, 9.17) is 4.11 Å². The minimum Gasteiger partial charge on any atom is -0.357 e. The van der Waals surface area contributed by atoms with E-state index in [2.05, 4.69) is 0 Å². The highest BCUT2D eigenvalue weighted by Gasteiger charge is 2.14. The van der Waals surface area contributed by atoms with Gasteiger partial charge in [-0.05, 0) is 0 Å². The summed E-state index contributed by atoms with van der Waals surface area (Å²) in [6.45, 7) is -2.09. The molecule has 0 unspecified atom stereocenters. The summed E-state index contributed by atoms with van der Waals surface area (Å²) in [5, 5.41) is 5.82. The van der Waals surface area contributed by atoms with Gasteiger partial charge in [-0.1, -0.05) is 37.1 Å². The third-order valence-corrected chi connectivity index (χ3v) is 2.54. The van der Waals surface area contributed by atoms with Crippen molar-refractivity contribution in [2.75, 3.05) is 6.54 Å². The van der Waals surface area contributed by atoms with E-state index in [0.29, 0.717) is 13.7 Å². The smallest absolute Gasteiger partial charge is 0.339 e. The minimum absolute atomic E-state index is 0. The number of hydrogen-bond donors (Lipinski definition) is 3. The molecular formula is C15H34N6O6. The van der Waals surface area contributed by atoms with Crippen LogP contribution < -0.4 is 33.0 Å². The largest absolute Gasteiger partial charge is 0.357 e. The molecule has 0 atom stereocenters. The number of nitrogens with zero attached hydrogens (tertiary/aromatic N) is 3. The molecule has 160 valence electrons. The lowest BCUT2D eigenvalue weighted by Crippen LogP contribution is -2.57. The summed E-state index contributed by atoms with van der Waals surface area (Å²) in [6.07, 6.45) is -3.71. The Morgan fingerprint density at radius 1 is 0.667 bits per heavy atom. The minimum atomic E-state index is -1.28. The molecule has 0 radical (unpaired) electrons. The zero-order valence-electron chi connectivity index (χ0n) is 14.1. The van der Waals surface area contributed by atoms with Gasteiger partial charge in [-0.25, -0.2) is 28.1 Å². The van der Waals surface area contributed by atoms with Crippen molar-refractivity contribution in [3.8, 4) is 0 Å². The Morgan fingerprint density at radius 2 is 1.00 bits per heavy atom. The van der Waals surface area contributed by atoms with Crippen LogP contribution in [0.15, 0.2) is 14.4 Å². The van der Waals surface area contributed by atoms with Crippen LogP contribution in [-0.4, -0.2) is 39.4 Å². The molecule has 1 rings (SSSR count). The molecule has 12 nitrogen and oxygen atoms in total. The van der Waals surface area contributed by atoms with E-state index in [1.54, 1.807) is 0 Å². The monoisotopic (exact) mass is 400 g/mol. The standard InChI is InChI=1S/C10H14N6O6.5CH4/c17-5-11-1-2-14-8(20)15(3-12-6-18)10(22)16(9(14)21)4-13-7-19;;;;;/h5-7H,1-4H2,(H,11,17)(H,12,18)(H,13,19);5*1H4/i5T,6T,7T;;;;;. The topological polar surface area (TPSA) is 153 Å². The van der Waals surface area contributed by atoms with E-state index >= 15 is 0 Å². The van der Waals surface area contributed by atoms with Gasteiger partial charge < -0.3 is 16.0 Å². The predicted molar refractivity (Wildman–Crippen MR) is 105 cm³/mol. The summed E-state index contributed by atoms with van der Waals surface area (Å²) >= 11 is 0. The fourth-order valence-electron chi connectivity index (χ4n) is 1.59. The first-order valence-corrected chi connectivity index (χ1v) is 5.83. The van der Waals surface area contributed by atoms with Crippen molar-refractivity contribution in [2.24, 2.45) is 0 Å². The molecule has 1 heterocycles. The summed E-state index contributed by atoms with van der Waals surface area (Å²) in [5.41, 5.74) is -3.44. The molecule has 1 aromatic heterocycles. The highest BCUT2D eigenvalue weighted by atomic mass is 16.2. The van der Waals surface area contributed by atoms with Crippen LogP contribution in [0, 0.1) is 0 Å². The summed E-state index contributed by atoms with van der Waals surface area (Å²) in [6, 6.07) is 0. The van der Waals surface area contributed by atoms with Gasteiger partial charge in [0.05, 0.1) is 0 Å². The van der Waals surface area contributed by atoms with Gasteiger partial charge in [0, 0.05) is 13.1 Å². The molecule has 0 fully saturated rings. The van der Waals surface area contributed by atoms with Crippen molar-refractivity contribution in [1.82, 2.24) is 29.7 Å². The van der Waals surface area contributed by atoms with Crippen LogP contribution in [-0.2, 0) is 34.3 Å². The van der Waals surface area contributed by atoms with Crippen LogP contribution in [0.5, 0.6) is 0 Å². The van der Waals surface area contributed by atoms with Crippen LogP contribution in [0.3, 0.4) is 0 Å². The molecule has 1 aromatic rings. The predicted octanol–water partition coefficient (Wildman–Crippen LogP) is -1.49. The van der Waals surface area contributed by atoms with Gasteiger partial charge in [-0.2, -0.15) is 0 Å². The Kier molecular flexibility index (Phi) is 17.0. The first kappa shape index (κ1) is 26.1. The second kappa shape index (κ2) is 17.6. The zero-order chi connectivity index (χ0) is 19.1. The average molecular weight is 400 g/mol. The van der Waals surface area contributed by atoms with E-state index in [1.165, 1.54) is 0 Å². The summed E-state index contributed by atoms with van der Waals surface area (Å²) in [5.74, 6) is 0. The van der Waals surface area contributed by atoms with E-state index in [1.807, 2.05) is 16.0 Å². The fraction of sp³-hybridized carbons (Fsp3) is 0.600. The van der Waals surface area contributed by atoms with E-state index < -0.39 is 56.1 Å². The number of carbonyl (C=O) groups is 3. The second-order valence-electron chi connectivity index (χ2n) is 3.76. The average Bonchev–Trinajstić information content (AvgIpc) is 2.49. The Bertz CT molecular complexity index is 808. The number of aromatic nitrogens is 3. The van der Waals surface area contributed by atoms with Crippen LogP contribution in [0.25, 0.3) is 0 Å². The van der Waals surface area contributed by atoms with Crippen molar-refractivity contribution in [3.05, 3.63) is 31.5 Å². The van der Waals surface area contributed by atoms with E-state index in [0.717, 1.165) is 0 Å². The maximum Gasteiger partial charge on any atom is 0.339 e. The molecule has 3 amide bonds. The Morgan fingerprint density at radius 3 is 1.33 bits per heavy atom. The number of amides is 3. The molecule has 3 N–H and O–H groups in total. The molecule has 27 heavy (non-hydrogen) atoms. The van der Waals surface area contributed by atoms with Crippen molar-refractivity contribution in [3.63, 3.8) is 0 Å². The van der Waals surface area contributed by atoms with Crippen LogP contribution in [0.1, 0.15) is 41.2 Å². The first-order valence-electron chi connectivity index (χ1n) is 7.33.